The zero-order valence-electron chi connectivity index (χ0n) is 56.5. The molecule has 1 saturated heterocycles. The molecular formula is C72H75F2N7O23S2. The van der Waals surface area contributed by atoms with Crippen LogP contribution < -0.4 is 42.6 Å². The number of carbonyl (C=O) groups excluding carboxylic acids is 10. The number of imide groups is 1. The van der Waals surface area contributed by atoms with E-state index in [1.54, 1.807) is 60.7 Å². The van der Waals surface area contributed by atoms with Crippen molar-refractivity contribution in [2.45, 2.75) is 132 Å². The molecule has 562 valence electrons. The lowest BCUT2D eigenvalue weighted by atomic mass is 9.89. The summed E-state index contributed by atoms with van der Waals surface area (Å²) >= 11 is 5.83. The number of nitrogens with two attached hydrogens (primary N) is 1. The van der Waals surface area contributed by atoms with E-state index in [2.05, 4.69) is 26.6 Å². The molecule has 1 fully saturated rings. The number of carbonyl (C=O) groups is 13. The molecule has 1 aliphatic carbocycles. The van der Waals surface area contributed by atoms with Crippen LogP contribution in [0.5, 0.6) is 5.75 Å². The van der Waals surface area contributed by atoms with Gasteiger partial charge in [-0.05, 0) is 98.1 Å². The number of amides is 5. The van der Waals surface area contributed by atoms with Gasteiger partial charge >= 0.3 is 36.0 Å². The van der Waals surface area contributed by atoms with Crippen molar-refractivity contribution in [3.05, 3.63) is 142 Å². The number of fused-ring (bicyclic) bond motifs is 2. The van der Waals surface area contributed by atoms with Crippen molar-refractivity contribution in [2.75, 3.05) is 23.7 Å². The van der Waals surface area contributed by atoms with Gasteiger partial charge in [-0.15, -0.1) is 11.8 Å². The van der Waals surface area contributed by atoms with Gasteiger partial charge in [-0.1, -0.05) is 73.2 Å². The number of thiocarbonyl (C=S) groups is 1. The number of aromatic carboxylic acids is 1. The summed E-state index contributed by atoms with van der Waals surface area (Å²) in [7, 11) is 0. The Morgan fingerprint density at radius 3 is 1.91 bits per heavy atom. The van der Waals surface area contributed by atoms with E-state index in [0.29, 0.717) is 53.6 Å². The van der Waals surface area contributed by atoms with Gasteiger partial charge in [0.1, 0.15) is 29.2 Å². The first kappa shape index (κ1) is 83.5. The molecule has 106 heavy (non-hydrogen) atoms. The Morgan fingerprint density at radius 2 is 1.27 bits per heavy atom. The highest BCUT2D eigenvalue weighted by atomic mass is 32.2. The minimum Gasteiger partial charge on any atom is -0.505 e. The van der Waals surface area contributed by atoms with Gasteiger partial charge in [0.05, 0.1) is 40.9 Å². The van der Waals surface area contributed by atoms with Crippen LogP contribution >= 0.6 is 24.0 Å². The van der Waals surface area contributed by atoms with Crippen LogP contribution in [0.25, 0.3) is 33.4 Å². The molecule has 34 heteroatoms. The molecule has 2 heterocycles. The molecule has 4 aromatic carbocycles. The van der Waals surface area contributed by atoms with E-state index in [-0.39, 0.29) is 114 Å². The van der Waals surface area contributed by atoms with E-state index in [4.69, 9.17) is 37.1 Å². The van der Waals surface area contributed by atoms with Crippen LogP contribution in [0.1, 0.15) is 111 Å². The number of benzene rings is 5. The number of nitrogens with one attached hydrogen (secondary N) is 5. The van der Waals surface area contributed by atoms with Gasteiger partial charge in [-0.2, -0.15) is 9.59 Å². The molecule has 1 unspecified atom stereocenters. The summed E-state index contributed by atoms with van der Waals surface area (Å²) in [4.78, 5) is 199. The Morgan fingerprint density at radius 1 is 0.642 bits per heavy atom. The second-order valence-corrected chi connectivity index (χ2v) is 26.3. The number of ketones is 3. The zero-order chi connectivity index (χ0) is 77.9. The number of aliphatic carboxylic acids is 4. The molecule has 3 aliphatic rings. The lowest BCUT2D eigenvalue weighted by Crippen LogP contribution is -2.53. The summed E-state index contributed by atoms with van der Waals surface area (Å²) in [6.45, 7) is -0.247. The number of unbranched alkanes of at least 4 members (excludes halogenated alkanes) is 3. The SMILES string of the molecule is N[C@@H](CNC(=O)[C@@H](CC(=O)[C@H](Cc1ccccc1)NC(=O)CCCCC(=O)CC[C@H](NC(=S)NCCCCCC(=O)O)C(=O)O)Cc1ccccc1)C(=O)N[C@@H](CC(=O)O)C(=O)C[C@@H](CSC1CC(=O)N(c2ccc(-c3c4cc(F)c(=O)cc-4oc4cc(O)c(F)cc34)c(C(=O)O)c2)C1=O)C(=O)O.O=C=O. The molecule has 0 saturated carbocycles. The van der Waals surface area contributed by atoms with E-state index >= 15 is 0 Å². The maximum Gasteiger partial charge on any atom is 0.373 e. The lowest BCUT2D eigenvalue weighted by Gasteiger charge is -2.23. The molecule has 0 bridgehead atoms. The average Bonchev–Trinajstić information content (AvgIpc) is 0.849. The van der Waals surface area contributed by atoms with E-state index in [1.165, 1.54) is 0 Å². The fraction of sp³-hybridized carbons (Fsp3) is 0.361. The van der Waals surface area contributed by atoms with Crippen molar-refractivity contribution in [3.8, 4) is 28.2 Å². The number of nitrogens with zero attached hydrogens (tertiary/aromatic N) is 1. The van der Waals surface area contributed by atoms with Crippen molar-refractivity contribution < 1.29 is 116 Å². The summed E-state index contributed by atoms with van der Waals surface area (Å²) < 4.78 is 35.3. The summed E-state index contributed by atoms with van der Waals surface area (Å²) in [5.74, 6) is -20.1. The Kier molecular flexibility index (Phi) is 31.9. The van der Waals surface area contributed by atoms with Gasteiger partial charge in [-0.3, -0.25) is 57.5 Å². The molecular weight excluding hydrogens is 1430 g/mol. The molecule has 13 N–H and O–H groups in total. The minimum absolute atomic E-state index is 0.0167. The smallest absolute Gasteiger partial charge is 0.373 e. The normalized spacial score (nSPS) is 14.2. The molecule has 30 nitrogen and oxygen atoms in total. The number of Topliss-reactive ketones (excluding diaryl/α,β-unsaturated/α-hetero) is 3. The van der Waals surface area contributed by atoms with E-state index in [9.17, 15) is 101 Å². The van der Waals surface area contributed by atoms with E-state index in [0.717, 1.165) is 42.5 Å². The number of aromatic hydroxyl groups is 1. The van der Waals surface area contributed by atoms with Gasteiger partial charge in [0.25, 0.3) is 0 Å². The third kappa shape index (κ3) is 24.9. The number of thioether (sulfide) groups is 1. The van der Waals surface area contributed by atoms with Gasteiger partial charge in [0.2, 0.25) is 35.0 Å². The van der Waals surface area contributed by atoms with Crippen molar-refractivity contribution in [1.29, 1.82) is 0 Å². The number of phenolic OH excluding ortho intramolecular Hbond substituents is 1. The molecule has 7 rings (SSSR count). The average molecular weight is 1510 g/mol. The van der Waals surface area contributed by atoms with Crippen molar-refractivity contribution >= 4 is 129 Å². The number of carboxylic acid groups (broad SMARTS) is 5. The quantitative estimate of drug-likeness (QED) is 0.0103. The first-order valence-electron chi connectivity index (χ1n) is 33.0. The molecule has 0 radical (unpaired) electrons. The number of anilines is 1. The fourth-order valence-electron chi connectivity index (χ4n) is 11.4. The molecule has 0 aromatic heterocycles. The van der Waals surface area contributed by atoms with Crippen molar-refractivity contribution in [1.82, 2.24) is 26.6 Å². The number of hydrogen-bond acceptors (Lipinski definition) is 21. The summed E-state index contributed by atoms with van der Waals surface area (Å²) in [6, 6.07) is 17.7. The maximum absolute atomic E-state index is 14.9. The topological polar surface area (TPSA) is 497 Å². The summed E-state index contributed by atoms with van der Waals surface area (Å²) in [5.41, 5.74) is 4.68. The molecule has 0 spiro atoms. The monoisotopic (exact) mass is 1510 g/mol. The second kappa shape index (κ2) is 40.5. The minimum atomic E-state index is -1.89. The van der Waals surface area contributed by atoms with Gasteiger partial charge in [-0.25, -0.2) is 23.3 Å². The highest BCUT2D eigenvalue weighted by Gasteiger charge is 2.42. The summed E-state index contributed by atoms with van der Waals surface area (Å²) in [5, 5.41) is 70.8. The summed E-state index contributed by atoms with van der Waals surface area (Å²) in [6.07, 6.45) is -0.786. The second-order valence-electron chi connectivity index (χ2n) is 24.6. The van der Waals surface area contributed by atoms with Gasteiger partial charge in [0, 0.05) is 98.4 Å². The Balaban J connectivity index is 0.00000576. The first-order chi connectivity index (χ1) is 50.4. The van der Waals surface area contributed by atoms with Crippen LogP contribution in [0, 0.1) is 23.5 Å². The largest absolute Gasteiger partial charge is 0.505 e. The van der Waals surface area contributed by atoms with Crippen molar-refractivity contribution in [2.24, 2.45) is 17.6 Å². The number of carboxylic acids is 5. The van der Waals surface area contributed by atoms with Crippen LogP contribution in [0.2, 0.25) is 0 Å². The first-order valence-corrected chi connectivity index (χ1v) is 34.5. The van der Waals surface area contributed by atoms with Crippen molar-refractivity contribution in [3.63, 3.8) is 0 Å². The van der Waals surface area contributed by atoms with Gasteiger partial charge < -0.3 is 67.4 Å². The number of hydrogen-bond donors (Lipinski definition) is 12. The predicted molar refractivity (Wildman–Crippen MR) is 377 cm³/mol. The van der Waals surface area contributed by atoms with Crippen LogP contribution in [-0.4, -0.2) is 167 Å². The highest BCUT2D eigenvalue weighted by molar-refractivity contribution is 8.00. The Labute approximate surface area is 611 Å². The van der Waals surface area contributed by atoms with Crippen LogP contribution in [0.15, 0.2) is 112 Å². The lowest BCUT2D eigenvalue weighted by molar-refractivity contribution is -0.192. The number of halogens is 2. The molecule has 7 atom stereocenters. The number of phenols is 1. The van der Waals surface area contributed by atoms with Gasteiger partial charge in [0.15, 0.2) is 34.1 Å². The Hall–Kier alpha value is -11.5. The molecule has 4 aromatic rings. The van der Waals surface area contributed by atoms with Crippen LogP contribution in [-0.2, 0) is 80.0 Å². The van der Waals surface area contributed by atoms with E-state index in [1.807, 2.05) is 0 Å². The predicted octanol–water partition coefficient (Wildman–Crippen LogP) is 5.11. The van der Waals surface area contributed by atoms with Crippen LogP contribution in [0.3, 0.4) is 0 Å². The third-order valence-corrected chi connectivity index (χ3v) is 18.5. The van der Waals surface area contributed by atoms with Crippen LogP contribution in [0.4, 0.5) is 14.5 Å². The molecule has 2 aliphatic heterocycles. The fourth-order valence-corrected chi connectivity index (χ4v) is 12.9. The standard InChI is InChI=1S/C71H75F2N7O21S2.CO2/c72-47-29-45-57(32-53(47)82)101-58-33-54(83)48(73)30-46(58)64(45)43-21-19-41(28-44(43)69(97)98)80-61(87)34-59(67(80)94)103-36-40(68(95)96)27-56(85)52(31-63(90)91)78-66(93)49(74)35-76-65(92)39(24-37-12-4-1-5-13-37)26-55(84)51(25-38-14-6-2-7-15-38)77-60(86)17-10-9-16-42(81)20-22-50(70(99)100)79-71(102)75-23-11-3-8-18-62(88)89;2-1-3/h1-2,4-7,12-15,19,21,28-30,32-33,39-40,49-52,59,82H,3,8-11,16-18,20,22-27,31,34-36,74H2,(H,76,92)(H,77,86)(H,78,93)(H,88,89)(H,90,91)(H,95,96)(H,97,98)(H,99,100)(H2,75,79,102);/t39-,40+,49+,50+,51+,52+,59?;/m1./s1. The Bertz CT molecular complexity index is 4350. The third-order valence-electron chi connectivity index (χ3n) is 16.8. The number of rotatable bonds is 41. The van der Waals surface area contributed by atoms with E-state index < -0.39 is 179 Å². The highest BCUT2D eigenvalue weighted by Crippen LogP contribution is 2.44. The zero-order valence-corrected chi connectivity index (χ0v) is 58.1. The molecule has 5 amide bonds. The maximum atomic E-state index is 14.9.